The molecule has 0 bridgehead atoms. The molecule has 1 saturated heterocycles. The molecule has 3 aromatic heterocycles. The van der Waals surface area contributed by atoms with Crippen molar-refractivity contribution in [3.63, 3.8) is 0 Å². The molecule has 0 radical (unpaired) electrons. The van der Waals surface area contributed by atoms with Crippen LogP contribution in [0.25, 0.3) is 0 Å². The number of aromatic nitrogens is 7. The number of hydrogen-bond donors (Lipinski definition) is 0. The molecule has 0 saturated carbocycles. The summed E-state index contributed by atoms with van der Waals surface area (Å²) in [6.07, 6.45) is 8.15. The molecule has 0 unspecified atom stereocenters. The van der Waals surface area contributed by atoms with E-state index in [0.29, 0.717) is 12.5 Å². The molecule has 8 nitrogen and oxygen atoms in total. The predicted octanol–water partition coefficient (Wildman–Crippen LogP) is 1.96. The first-order valence-corrected chi connectivity index (χ1v) is 9.75. The van der Waals surface area contributed by atoms with Gasteiger partial charge >= 0.3 is 0 Å². The zero-order valence-electron chi connectivity index (χ0n) is 16.4. The highest BCUT2D eigenvalue weighted by Gasteiger charge is 2.26. The molecule has 0 spiro atoms. The summed E-state index contributed by atoms with van der Waals surface area (Å²) < 4.78 is 6.08. The van der Waals surface area contributed by atoms with Gasteiger partial charge in [0, 0.05) is 50.2 Å². The van der Waals surface area contributed by atoms with Gasteiger partial charge in [-0.05, 0) is 45.8 Å². The zero-order valence-corrected chi connectivity index (χ0v) is 16.4. The van der Waals surface area contributed by atoms with Crippen LogP contribution >= 0.6 is 0 Å². The van der Waals surface area contributed by atoms with Gasteiger partial charge in [0.1, 0.15) is 12.4 Å². The maximum atomic E-state index is 4.56. The first kappa shape index (κ1) is 17.9. The third-order valence-electron chi connectivity index (χ3n) is 5.50. The molecular formula is C19H28N8. The Morgan fingerprint density at radius 1 is 1.15 bits per heavy atom. The monoisotopic (exact) mass is 368 g/mol. The van der Waals surface area contributed by atoms with Gasteiger partial charge < -0.3 is 4.57 Å². The first-order chi connectivity index (χ1) is 13.1. The van der Waals surface area contributed by atoms with E-state index in [9.17, 15) is 0 Å². The van der Waals surface area contributed by atoms with Crippen molar-refractivity contribution in [2.24, 2.45) is 7.05 Å². The number of hydrogen-bond acceptors (Lipinski definition) is 5. The van der Waals surface area contributed by atoms with Crippen LogP contribution in [0.15, 0.2) is 24.7 Å². The van der Waals surface area contributed by atoms with Gasteiger partial charge in [0.15, 0.2) is 5.82 Å². The Hall–Kier alpha value is -2.48. The fraction of sp³-hybridized carbons (Fsp3) is 0.579. The van der Waals surface area contributed by atoms with Crippen LogP contribution in [-0.4, -0.2) is 52.3 Å². The minimum Gasteiger partial charge on any atom is -0.313 e. The molecule has 1 aliphatic rings. The summed E-state index contributed by atoms with van der Waals surface area (Å²) in [5, 5.41) is 17.8. The summed E-state index contributed by atoms with van der Waals surface area (Å²) in [4.78, 5) is 2.53. The molecule has 3 aromatic rings. The van der Waals surface area contributed by atoms with Crippen LogP contribution < -0.4 is 0 Å². The van der Waals surface area contributed by atoms with Crippen molar-refractivity contribution in [2.75, 3.05) is 13.1 Å². The van der Waals surface area contributed by atoms with Crippen LogP contribution in [0.3, 0.4) is 0 Å². The lowest BCUT2D eigenvalue weighted by atomic mass is 9.95. The summed E-state index contributed by atoms with van der Waals surface area (Å²) in [5.74, 6) is 2.61. The minimum atomic E-state index is 0.482. The topological polar surface area (TPSA) is 69.6 Å². The molecule has 0 atom stereocenters. The number of aryl methyl sites for hydroxylation is 2. The van der Waals surface area contributed by atoms with E-state index in [0.717, 1.165) is 56.4 Å². The van der Waals surface area contributed by atoms with Gasteiger partial charge in [-0.25, -0.2) is 0 Å². The molecule has 4 heterocycles. The van der Waals surface area contributed by atoms with Gasteiger partial charge in [0.05, 0.1) is 5.69 Å². The molecule has 0 aliphatic carbocycles. The number of likely N-dealkylation sites (tertiary alicyclic amines) is 1. The van der Waals surface area contributed by atoms with Crippen LogP contribution in [0, 0.1) is 6.92 Å². The maximum Gasteiger partial charge on any atom is 0.154 e. The van der Waals surface area contributed by atoms with Crippen molar-refractivity contribution < 1.29 is 0 Å². The maximum absolute atomic E-state index is 4.56. The van der Waals surface area contributed by atoms with Crippen molar-refractivity contribution in [3.05, 3.63) is 47.6 Å². The van der Waals surface area contributed by atoms with Crippen LogP contribution in [0.2, 0.25) is 0 Å². The summed E-state index contributed by atoms with van der Waals surface area (Å²) in [5.41, 5.74) is 2.46. The summed E-state index contributed by atoms with van der Waals surface area (Å²) in [6.45, 7) is 8.99. The molecule has 144 valence electrons. The Morgan fingerprint density at radius 2 is 1.96 bits per heavy atom. The highest BCUT2D eigenvalue weighted by Crippen LogP contribution is 2.28. The molecule has 1 aliphatic heterocycles. The van der Waals surface area contributed by atoms with Crippen LogP contribution in [-0.2, 0) is 26.7 Å². The van der Waals surface area contributed by atoms with Crippen molar-refractivity contribution in [1.29, 1.82) is 0 Å². The van der Waals surface area contributed by atoms with Gasteiger partial charge in [0.2, 0.25) is 0 Å². The molecular weight excluding hydrogens is 340 g/mol. The average Bonchev–Trinajstić information content (AvgIpc) is 3.38. The molecule has 0 amide bonds. The smallest absolute Gasteiger partial charge is 0.154 e. The number of nitrogens with zero attached hydrogens (tertiary/aromatic N) is 8. The lowest BCUT2D eigenvalue weighted by Gasteiger charge is -2.31. The predicted molar refractivity (Wildman–Crippen MR) is 102 cm³/mol. The number of piperidine rings is 1. The van der Waals surface area contributed by atoms with Gasteiger partial charge in [-0.3, -0.25) is 14.3 Å². The molecule has 1 fully saturated rings. The van der Waals surface area contributed by atoms with Crippen molar-refractivity contribution >= 4 is 0 Å². The quantitative estimate of drug-likeness (QED) is 0.665. The van der Waals surface area contributed by atoms with E-state index in [4.69, 9.17) is 0 Å². The Bertz CT molecular complexity index is 868. The minimum absolute atomic E-state index is 0.482. The third kappa shape index (κ3) is 3.80. The Morgan fingerprint density at radius 3 is 2.59 bits per heavy atom. The third-order valence-corrected chi connectivity index (χ3v) is 5.50. The van der Waals surface area contributed by atoms with E-state index < -0.39 is 0 Å². The average molecular weight is 368 g/mol. The summed E-state index contributed by atoms with van der Waals surface area (Å²) in [7, 11) is 1.99. The van der Waals surface area contributed by atoms with E-state index in [1.165, 1.54) is 5.56 Å². The second kappa shape index (κ2) is 7.64. The van der Waals surface area contributed by atoms with E-state index in [-0.39, 0.29) is 0 Å². The van der Waals surface area contributed by atoms with E-state index in [1.807, 2.05) is 28.7 Å². The Labute approximate surface area is 159 Å². The van der Waals surface area contributed by atoms with Gasteiger partial charge in [-0.2, -0.15) is 10.2 Å². The molecule has 0 N–H and O–H groups in total. The Kier molecular flexibility index (Phi) is 5.07. The van der Waals surface area contributed by atoms with Crippen molar-refractivity contribution in [3.8, 4) is 0 Å². The normalized spacial score (nSPS) is 16.3. The van der Waals surface area contributed by atoms with E-state index in [1.54, 1.807) is 6.20 Å². The second-order valence-electron chi connectivity index (χ2n) is 7.39. The summed E-state index contributed by atoms with van der Waals surface area (Å²) >= 11 is 0. The van der Waals surface area contributed by atoms with Crippen molar-refractivity contribution in [2.45, 2.75) is 52.2 Å². The fourth-order valence-electron chi connectivity index (χ4n) is 4.05. The summed E-state index contributed by atoms with van der Waals surface area (Å²) in [6, 6.07) is 1.94. The molecule has 27 heavy (non-hydrogen) atoms. The standard InChI is InChI=1S/C19H28N8/c1-4-27-18(14-26-9-5-8-20-26)21-22-19(27)16-6-10-25(11-7-16)13-17-12-24(3)23-15(17)2/h5,8-9,12,16H,4,6-7,10-11,13-14H2,1-3H3. The van der Waals surface area contributed by atoms with Crippen LogP contribution in [0.4, 0.5) is 0 Å². The zero-order chi connectivity index (χ0) is 18.8. The van der Waals surface area contributed by atoms with Gasteiger partial charge in [0.25, 0.3) is 0 Å². The number of rotatable bonds is 6. The van der Waals surface area contributed by atoms with Gasteiger partial charge in [-0.1, -0.05) is 0 Å². The van der Waals surface area contributed by atoms with Crippen LogP contribution in [0.5, 0.6) is 0 Å². The highest BCUT2D eigenvalue weighted by molar-refractivity contribution is 5.15. The molecule has 0 aromatic carbocycles. The SMILES string of the molecule is CCn1c(Cn2cccn2)nnc1C1CCN(Cc2cn(C)nc2C)CC1. The van der Waals surface area contributed by atoms with E-state index in [2.05, 4.69) is 49.9 Å². The molecule has 4 rings (SSSR count). The fourth-order valence-corrected chi connectivity index (χ4v) is 4.05. The van der Waals surface area contributed by atoms with E-state index >= 15 is 0 Å². The van der Waals surface area contributed by atoms with Crippen LogP contribution in [0.1, 0.15) is 48.6 Å². The highest BCUT2D eigenvalue weighted by atomic mass is 15.3. The largest absolute Gasteiger partial charge is 0.313 e. The van der Waals surface area contributed by atoms with Crippen molar-refractivity contribution in [1.82, 2.24) is 39.2 Å². The van der Waals surface area contributed by atoms with Gasteiger partial charge in [-0.15, -0.1) is 10.2 Å². The molecule has 8 heteroatoms. The lowest BCUT2D eigenvalue weighted by Crippen LogP contribution is -2.33. The Balaban J connectivity index is 1.40. The lowest BCUT2D eigenvalue weighted by molar-refractivity contribution is 0.199. The second-order valence-corrected chi connectivity index (χ2v) is 7.39. The first-order valence-electron chi connectivity index (χ1n) is 9.75.